The maximum absolute atomic E-state index is 11.6. The van der Waals surface area contributed by atoms with Gasteiger partial charge in [-0.15, -0.1) is 0 Å². The monoisotopic (exact) mass is 264 g/mol. The first-order valence-electron chi connectivity index (χ1n) is 5.51. The second kappa shape index (κ2) is 6.23. The highest BCUT2D eigenvalue weighted by molar-refractivity contribution is 6.30. The Kier molecular flexibility index (Phi) is 4.39. The molecule has 1 heterocycles. The van der Waals surface area contributed by atoms with Gasteiger partial charge < -0.3 is 15.1 Å². The third kappa shape index (κ3) is 3.91. The molecule has 94 valence electrons. The van der Waals surface area contributed by atoms with Gasteiger partial charge in [0.25, 0.3) is 0 Å². The van der Waals surface area contributed by atoms with Gasteiger partial charge >= 0.3 is 0 Å². The number of anilines is 1. The summed E-state index contributed by atoms with van der Waals surface area (Å²) in [6.45, 7) is 0.846. The highest BCUT2D eigenvalue weighted by Crippen LogP contribution is 2.12. The quantitative estimate of drug-likeness (QED) is 0.873. The third-order valence-corrected chi connectivity index (χ3v) is 2.57. The number of nitrogens with one attached hydrogen (secondary N) is 2. The van der Waals surface area contributed by atoms with Crippen LogP contribution in [0.4, 0.5) is 5.69 Å². The molecular formula is C13H13ClN2O2. The van der Waals surface area contributed by atoms with E-state index in [2.05, 4.69) is 10.6 Å². The number of rotatable bonds is 5. The van der Waals surface area contributed by atoms with Gasteiger partial charge in [0.05, 0.1) is 19.1 Å². The van der Waals surface area contributed by atoms with Crippen molar-refractivity contribution in [1.29, 1.82) is 0 Å². The first-order valence-corrected chi connectivity index (χ1v) is 5.89. The number of furan rings is 1. The Morgan fingerprint density at radius 3 is 2.67 bits per heavy atom. The molecule has 0 bridgehead atoms. The number of carbonyl (C=O) groups is 1. The van der Waals surface area contributed by atoms with Crippen molar-refractivity contribution < 1.29 is 9.21 Å². The van der Waals surface area contributed by atoms with E-state index in [-0.39, 0.29) is 12.5 Å². The summed E-state index contributed by atoms with van der Waals surface area (Å²) in [5, 5.41) is 6.43. The van der Waals surface area contributed by atoms with Crippen LogP contribution in [-0.4, -0.2) is 12.5 Å². The van der Waals surface area contributed by atoms with E-state index in [4.69, 9.17) is 16.0 Å². The van der Waals surface area contributed by atoms with Crippen LogP contribution in [0, 0.1) is 0 Å². The molecule has 2 N–H and O–H groups in total. The van der Waals surface area contributed by atoms with Gasteiger partial charge in [0, 0.05) is 22.8 Å². The summed E-state index contributed by atoms with van der Waals surface area (Å²) < 4.78 is 4.93. The number of amides is 1. The Bertz CT molecular complexity index is 494. The minimum absolute atomic E-state index is 0.0965. The maximum atomic E-state index is 11.6. The van der Waals surface area contributed by atoms with Crippen molar-refractivity contribution in [2.45, 2.75) is 6.54 Å². The zero-order valence-corrected chi connectivity index (χ0v) is 10.4. The largest absolute Gasteiger partial charge is 0.472 e. The van der Waals surface area contributed by atoms with Crippen LogP contribution in [-0.2, 0) is 11.3 Å². The van der Waals surface area contributed by atoms with Crippen molar-refractivity contribution in [3.8, 4) is 0 Å². The molecule has 0 aliphatic rings. The van der Waals surface area contributed by atoms with Crippen LogP contribution in [0.25, 0.3) is 0 Å². The molecule has 0 saturated carbocycles. The zero-order valence-electron chi connectivity index (χ0n) is 9.65. The summed E-state index contributed by atoms with van der Waals surface area (Å²) in [7, 11) is 0. The van der Waals surface area contributed by atoms with Gasteiger partial charge in [0.2, 0.25) is 5.91 Å². The average molecular weight is 265 g/mol. The summed E-state index contributed by atoms with van der Waals surface area (Å²) >= 11 is 5.75. The number of benzene rings is 1. The van der Waals surface area contributed by atoms with Gasteiger partial charge in [-0.2, -0.15) is 0 Å². The van der Waals surface area contributed by atoms with Crippen molar-refractivity contribution in [2.24, 2.45) is 0 Å². The Balaban J connectivity index is 1.73. The van der Waals surface area contributed by atoms with Crippen LogP contribution >= 0.6 is 11.6 Å². The second-order valence-corrected chi connectivity index (χ2v) is 4.23. The lowest BCUT2D eigenvalue weighted by Gasteiger charge is -2.06. The van der Waals surface area contributed by atoms with Gasteiger partial charge in [0.1, 0.15) is 0 Å². The standard InChI is InChI=1S/C13H13ClN2O2/c14-11-1-3-12(4-2-11)16-13(17)8-15-7-10-5-6-18-9-10/h1-6,9,15H,7-8H2,(H,16,17). The molecule has 1 aromatic carbocycles. The SMILES string of the molecule is O=C(CNCc1ccoc1)Nc1ccc(Cl)cc1. The van der Waals surface area contributed by atoms with E-state index in [0.717, 1.165) is 11.3 Å². The smallest absolute Gasteiger partial charge is 0.238 e. The lowest BCUT2D eigenvalue weighted by Crippen LogP contribution is -2.27. The van der Waals surface area contributed by atoms with Crippen molar-refractivity contribution >= 4 is 23.2 Å². The molecule has 0 saturated heterocycles. The van der Waals surface area contributed by atoms with Crippen molar-refractivity contribution in [1.82, 2.24) is 5.32 Å². The molecule has 0 spiro atoms. The van der Waals surface area contributed by atoms with Crippen LogP contribution < -0.4 is 10.6 Å². The molecule has 0 aliphatic heterocycles. The number of carbonyl (C=O) groups excluding carboxylic acids is 1. The third-order valence-electron chi connectivity index (χ3n) is 2.32. The predicted molar refractivity (Wildman–Crippen MR) is 70.5 cm³/mol. The summed E-state index contributed by atoms with van der Waals surface area (Å²) in [6.07, 6.45) is 3.24. The summed E-state index contributed by atoms with van der Waals surface area (Å²) in [6, 6.07) is 8.84. The summed E-state index contributed by atoms with van der Waals surface area (Å²) in [5.74, 6) is -0.0965. The molecule has 0 radical (unpaired) electrons. The van der Waals surface area contributed by atoms with E-state index >= 15 is 0 Å². The molecule has 18 heavy (non-hydrogen) atoms. The Hall–Kier alpha value is -1.78. The minimum Gasteiger partial charge on any atom is -0.472 e. The summed E-state index contributed by atoms with van der Waals surface area (Å²) in [5.41, 5.74) is 1.74. The van der Waals surface area contributed by atoms with Crippen molar-refractivity contribution in [3.63, 3.8) is 0 Å². The van der Waals surface area contributed by atoms with Crippen molar-refractivity contribution in [2.75, 3.05) is 11.9 Å². The first-order chi connectivity index (χ1) is 8.74. The highest BCUT2D eigenvalue weighted by Gasteiger charge is 2.02. The minimum atomic E-state index is -0.0965. The molecule has 0 atom stereocenters. The molecule has 4 nitrogen and oxygen atoms in total. The molecule has 1 aromatic heterocycles. The molecule has 2 rings (SSSR count). The van der Waals surface area contributed by atoms with Gasteiger partial charge in [-0.25, -0.2) is 0 Å². The fourth-order valence-corrected chi connectivity index (χ4v) is 1.58. The van der Waals surface area contributed by atoms with Crippen LogP contribution in [0.5, 0.6) is 0 Å². The highest BCUT2D eigenvalue weighted by atomic mass is 35.5. The van der Waals surface area contributed by atoms with Crippen LogP contribution in [0.15, 0.2) is 47.3 Å². The molecule has 5 heteroatoms. The average Bonchev–Trinajstić information content (AvgIpc) is 2.85. The zero-order chi connectivity index (χ0) is 12.8. The normalized spacial score (nSPS) is 10.3. The van der Waals surface area contributed by atoms with E-state index in [1.807, 2.05) is 6.07 Å². The Labute approximate surface area is 110 Å². The molecule has 2 aromatic rings. The van der Waals surface area contributed by atoms with Crippen LogP contribution in [0.2, 0.25) is 5.02 Å². The van der Waals surface area contributed by atoms with E-state index in [1.165, 1.54) is 0 Å². The van der Waals surface area contributed by atoms with Crippen LogP contribution in [0.1, 0.15) is 5.56 Å². The van der Waals surface area contributed by atoms with Gasteiger partial charge in [-0.1, -0.05) is 11.6 Å². The Morgan fingerprint density at radius 1 is 1.22 bits per heavy atom. The number of halogens is 1. The first kappa shape index (κ1) is 12.7. The fourth-order valence-electron chi connectivity index (χ4n) is 1.45. The van der Waals surface area contributed by atoms with E-state index in [1.54, 1.807) is 36.8 Å². The lowest BCUT2D eigenvalue weighted by molar-refractivity contribution is -0.115. The maximum Gasteiger partial charge on any atom is 0.238 e. The number of hydrogen-bond donors (Lipinski definition) is 2. The molecule has 0 fully saturated rings. The lowest BCUT2D eigenvalue weighted by atomic mass is 10.3. The van der Waals surface area contributed by atoms with Gasteiger partial charge in [-0.3, -0.25) is 4.79 Å². The molecule has 0 aliphatic carbocycles. The fraction of sp³-hybridized carbons (Fsp3) is 0.154. The second-order valence-electron chi connectivity index (χ2n) is 3.79. The number of hydrogen-bond acceptors (Lipinski definition) is 3. The molecule has 1 amide bonds. The molecular weight excluding hydrogens is 252 g/mol. The van der Waals surface area contributed by atoms with Gasteiger partial charge in [-0.05, 0) is 30.3 Å². The van der Waals surface area contributed by atoms with E-state index < -0.39 is 0 Å². The van der Waals surface area contributed by atoms with Crippen molar-refractivity contribution in [3.05, 3.63) is 53.4 Å². The summed E-state index contributed by atoms with van der Waals surface area (Å²) in [4.78, 5) is 11.6. The topological polar surface area (TPSA) is 54.3 Å². The van der Waals surface area contributed by atoms with Crippen LogP contribution in [0.3, 0.4) is 0 Å². The predicted octanol–water partition coefficient (Wildman–Crippen LogP) is 2.66. The van der Waals surface area contributed by atoms with E-state index in [9.17, 15) is 4.79 Å². The van der Waals surface area contributed by atoms with E-state index in [0.29, 0.717) is 11.6 Å². The molecule has 0 unspecified atom stereocenters. The van der Waals surface area contributed by atoms with Gasteiger partial charge in [0.15, 0.2) is 0 Å². The Morgan fingerprint density at radius 2 is 2.00 bits per heavy atom.